The van der Waals surface area contributed by atoms with Crippen molar-refractivity contribution in [1.82, 2.24) is 52.0 Å². The molecule has 1 aromatic carbocycles. The number of carboxylic acids is 1. The summed E-state index contributed by atoms with van der Waals surface area (Å²) in [5.41, 5.74) is 36.1. The van der Waals surface area contributed by atoms with E-state index < -0.39 is 120 Å². The summed E-state index contributed by atoms with van der Waals surface area (Å²) in [6, 6.07) is -1.64. The van der Waals surface area contributed by atoms with Gasteiger partial charge in [0.2, 0.25) is 41.4 Å². The Labute approximate surface area is 425 Å². The lowest BCUT2D eigenvalue weighted by Crippen LogP contribution is -2.59. The number of carboxylic acid groups (broad SMARTS) is 1. The number of nitrogens with two attached hydrogens (primary N) is 6. The van der Waals surface area contributed by atoms with Crippen LogP contribution < -0.4 is 71.6 Å². The molecule has 2 aliphatic rings. The second-order valence-corrected chi connectivity index (χ2v) is 19.1. The largest absolute Gasteiger partial charge is 0.480 e. The van der Waals surface area contributed by atoms with Gasteiger partial charge in [0, 0.05) is 30.2 Å². The van der Waals surface area contributed by atoms with E-state index in [4.69, 9.17) is 34.4 Å². The van der Waals surface area contributed by atoms with Crippen LogP contribution >= 0.6 is 0 Å². The fourth-order valence-electron chi connectivity index (χ4n) is 9.05. The number of hydrogen-bond acceptors (Lipinski definition) is 17. The summed E-state index contributed by atoms with van der Waals surface area (Å²) in [7, 11) is 0. The molecule has 10 unspecified atom stereocenters. The van der Waals surface area contributed by atoms with E-state index in [0.717, 1.165) is 16.5 Å². The van der Waals surface area contributed by atoms with Crippen molar-refractivity contribution in [3.8, 4) is 0 Å². The summed E-state index contributed by atoms with van der Waals surface area (Å²) in [6.07, 6.45) is 1.41. The molecule has 26 heteroatoms. The quantitative estimate of drug-likeness (QED) is 0.0261. The summed E-state index contributed by atoms with van der Waals surface area (Å²) < 4.78 is 0. The number of benzene rings is 1. The average molecular weight is 1030 g/mol. The molecule has 408 valence electrons. The monoisotopic (exact) mass is 1030 g/mol. The summed E-state index contributed by atoms with van der Waals surface area (Å²) >= 11 is 0. The number of fused-ring (bicyclic) bond motifs is 1. The maximum absolute atomic E-state index is 14.4. The van der Waals surface area contributed by atoms with E-state index >= 15 is 0 Å². The third-order valence-corrected chi connectivity index (χ3v) is 13.4. The first-order valence-electron chi connectivity index (χ1n) is 25.2. The van der Waals surface area contributed by atoms with Gasteiger partial charge in [0.1, 0.15) is 61.1 Å². The second kappa shape index (κ2) is 29.2. The highest BCUT2D eigenvalue weighted by atomic mass is 16.4. The van der Waals surface area contributed by atoms with Gasteiger partial charge in [-0.15, -0.1) is 0 Å². The number of likely N-dealkylation sites (tertiary alicyclic amines) is 2. The van der Waals surface area contributed by atoms with Crippen LogP contribution in [0.25, 0.3) is 10.9 Å². The number of aromatic amines is 1. The molecular weight excluding hydrogens is 949 g/mol. The maximum Gasteiger partial charge on any atom is 0.326 e. The molecule has 10 atom stereocenters. The molecule has 0 radical (unpaired) electrons. The molecule has 2 aliphatic heterocycles. The van der Waals surface area contributed by atoms with Crippen LogP contribution in [0.2, 0.25) is 0 Å². The highest BCUT2D eigenvalue weighted by molar-refractivity contribution is 5.98. The van der Waals surface area contributed by atoms with E-state index in [0.29, 0.717) is 25.7 Å². The fraction of sp³-hybridized carbons (Fsp3) is 0.660. The Balaban J connectivity index is 1.45. The Hall–Kier alpha value is -5.84. The van der Waals surface area contributed by atoms with Gasteiger partial charge in [-0.1, -0.05) is 38.5 Å². The number of aliphatic carboxylic acids is 1. The third kappa shape index (κ3) is 18.0. The highest BCUT2D eigenvalue weighted by Crippen LogP contribution is 2.27. The fourth-order valence-corrected chi connectivity index (χ4v) is 9.05. The number of rotatable bonds is 30. The van der Waals surface area contributed by atoms with Gasteiger partial charge in [-0.3, -0.25) is 44.2 Å². The number of aliphatic hydroxyl groups is 1. The molecule has 4 rings (SSSR count). The van der Waals surface area contributed by atoms with E-state index in [-0.39, 0.29) is 77.5 Å². The van der Waals surface area contributed by atoms with Gasteiger partial charge in [0.05, 0.1) is 6.04 Å². The lowest BCUT2D eigenvalue weighted by Gasteiger charge is -2.33. The zero-order chi connectivity index (χ0) is 53.9. The number of aromatic nitrogens is 1. The van der Waals surface area contributed by atoms with Crippen molar-refractivity contribution in [2.24, 2.45) is 40.3 Å². The summed E-state index contributed by atoms with van der Waals surface area (Å²) in [5, 5.41) is 39.5. The highest BCUT2D eigenvalue weighted by Gasteiger charge is 2.44. The molecule has 0 aliphatic carbocycles. The summed E-state index contributed by atoms with van der Waals surface area (Å²) in [5.74, 6) is -6.26. The van der Waals surface area contributed by atoms with Crippen LogP contribution in [0.4, 0.5) is 0 Å². The molecule has 0 spiro atoms. The van der Waals surface area contributed by atoms with Crippen molar-refractivity contribution in [1.29, 1.82) is 0 Å². The first-order chi connectivity index (χ1) is 34.6. The van der Waals surface area contributed by atoms with Crippen molar-refractivity contribution < 1.29 is 48.6 Å². The first kappa shape index (κ1) is 59.7. The molecule has 22 N–H and O–H groups in total. The van der Waals surface area contributed by atoms with Gasteiger partial charge in [-0.25, -0.2) is 4.79 Å². The van der Waals surface area contributed by atoms with Crippen LogP contribution in [-0.2, 0) is 44.8 Å². The lowest BCUT2D eigenvalue weighted by molar-refractivity contribution is -0.148. The molecule has 3 heterocycles. The standard InChI is InChI=1S/C47H80N16O10/c1-4-25(2)37(45(72)73)61-41(68)32(14-8-20-55-47(52)53)58-38(65)26(3)57-40(67)31(13-7-19-54-46(50)51)59-42(69)34-15-9-21-62(34)44(71)35-16-10-22-63(35)43(70)33(17-18-36(49)64)60-39(66)29(48)23-27-24-56-30-12-6-5-11-28(27)30/h5-6,11-12,24-26,29,31-37,46-47,54-56,64H,4,7-10,13-23,48-53H2,1-3H3,(H,57,67)(H,58,65)(H,59,69)(H,60,66)(H,61,68)(H,72,73). The van der Waals surface area contributed by atoms with Crippen molar-refractivity contribution in [3.05, 3.63) is 36.0 Å². The molecule has 0 bridgehead atoms. The van der Waals surface area contributed by atoms with Gasteiger partial charge in [-0.05, 0) is 108 Å². The molecule has 2 aromatic rings. The molecule has 0 saturated carbocycles. The van der Waals surface area contributed by atoms with E-state index in [1.54, 1.807) is 20.0 Å². The van der Waals surface area contributed by atoms with Crippen molar-refractivity contribution in [3.63, 3.8) is 0 Å². The van der Waals surface area contributed by atoms with Gasteiger partial charge >= 0.3 is 5.97 Å². The smallest absolute Gasteiger partial charge is 0.326 e. The number of para-hydroxylation sites is 1. The Bertz CT molecular complexity index is 2180. The number of H-pyrrole nitrogens is 1. The van der Waals surface area contributed by atoms with Gasteiger partial charge in [0.15, 0.2) is 0 Å². The van der Waals surface area contributed by atoms with Crippen molar-refractivity contribution >= 4 is 58.2 Å². The Morgan fingerprint density at radius 3 is 1.88 bits per heavy atom. The van der Waals surface area contributed by atoms with Crippen LogP contribution in [0, 0.1) is 5.92 Å². The number of amides is 7. The number of nitrogens with one attached hydrogen (secondary N) is 8. The van der Waals surface area contributed by atoms with E-state index in [2.05, 4.69) is 42.2 Å². The van der Waals surface area contributed by atoms with E-state index in [1.165, 1.54) is 16.7 Å². The maximum atomic E-state index is 14.4. The van der Waals surface area contributed by atoms with Crippen molar-refractivity contribution in [2.45, 2.75) is 165 Å². The minimum Gasteiger partial charge on any atom is -0.480 e. The zero-order valence-corrected chi connectivity index (χ0v) is 42.1. The van der Waals surface area contributed by atoms with E-state index in [1.807, 2.05) is 24.3 Å². The predicted molar refractivity (Wildman–Crippen MR) is 270 cm³/mol. The third-order valence-electron chi connectivity index (χ3n) is 13.4. The molecule has 2 saturated heterocycles. The molecule has 2 fully saturated rings. The number of aliphatic hydroxyl groups excluding tert-OH is 1. The zero-order valence-electron chi connectivity index (χ0n) is 42.1. The summed E-state index contributed by atoms with van der Waals surface area (Å²) in [6.45, 7) is 5.71. The van der Waals surface area contributed by atoms with Crippen LogP contribution in [-0.4, -0.2) is 166 Å². The summed E-state index contributed by atoms with van der Waals surface area (Å²) in [4.78, 5) is 115. The van der Waals surface area contributed by atoms with Gasteiger partial charge in [-0.2, -0.15) is 0 Å². The van der Waals surface area contributed by atoms with Crippen LogP contribution in [0.3, 0.4) is 0 Å². The van der Waals surface area contributed by atoms with Crippen LogP contribution in [0.15, 0.2) is 30.5 Å². The number of carbonyl (C=O) groups is 8. The average Bonchev–Trinajstić information content (AvgIpc) is 4.14. The lowest BCUT2D eigenvalue weighted by atomic mass is 9.98. The van der Waals surface area contributed by atoms with Gasteiger partial charge < -0.3 is 86.0 Å². The minimum atomic E-state index is -1.28. The normalized spacial score (nSPS) is 19.1. The topological polar surface area (TPSA) is 440 Å². The van der Waals surface area contributed by atoms with E-state index in [9.17, 15) is 48.6 Å². The van der Waals surface area contributed by atoms with Crippen LogP contribution in [0.5, 0.6) is 0 Å². The SMILES string of the molecule is CCC(C)C(NC(=O)C(CCCNC(N)N)NC(=O)C(C)NC(=O)C(CCCNC(N)N)NC(=O)C1CCCN1C(=O)C1CCCN1C(=O)C(CCC(N)O)NC(=O)C(N)Cc1c[nH]c2ccccc12)C(=O)O. The molecule has 26 nitrogen and oxygen atoms in total. The molecular formula is C47H80N16O10. The Morgan fingerprint density at radius 2 is 1.27 bits per heavy atom. The number of carbonyl (C=O) groups excluding carboxylic acids is 7. The van der Waals surface area contributed by atoms with Crippen molar-refractivity contribution in [2.75, 3.05) is 26.2 Å². The number of nitrogens with zero attached hydrogens (tertiary/aromatic N) is 2. The molecule has 1 aromatic heterocycles. The first-order valence-corrected chi connectivity index (χ1v) is 25.2. The number of hydrogen-bond donors (Lipinski definition) is 16. The molecule has 73 heavy (non-hydrogen) atoms. The second-order valence-electron chi connectivity index (χ2n) is 19.1. The minimum absolute atomic E-state index is 0.0424. The van der Waals surface area contributed by atoms with Crippen LogP contribution in [0.1, 0.15) is 97.0 Å². The Morgan fingerprint density at radius 1 is 0.699 bits per heavy atom. The molecule has 7 amide bonds. The predicted octanol–water partition coefficient (Wildman–Crippen LogP) is -4.21. The Kier molecular flexibility index (Phi) is 23.8. The van der Waals surface area contributed by atoms with Gasteiger partial charge in [0.25, 0.3) is 0 Å².